The molecule has 3 heterocycles. The van der Waals surface area contributed by atoms with Crippen molar-refractivity contribution < 1.29 is 9.59 Å². The smallest absolute Gasteiger partial charge is 0.276 e. The molecule has 0 atom stereocenters. The van der Waals surface area contributed by atoms with E-state index >= 15 is 0 Å². The van der Waals surface area contributed by atoms with Crippen LogP contribution in [0.1, 0.15) is 32.2 Å². The van der Waals surface area contributed by atoms with E-state index in [2.05, 4.69) is 20.8 Å². The van der Waals surface area contributed by atoms with Gasteiger partial charge in [0.15, 0.2) is 5.69 Å². The number of anilines is 2. The summed E-state index contributed by atoms with van der Waals surface area (Å²) in [5.41, 5.74) is 6.24. The van der Waals surface area contributed by atoms with Gasteiger partial charge in [-0.1, -0.05) is 18.2 Å². The van der Waals surface area contributed by atoms with Crippen LogP contribution in [-0.4, -0.2) is 36.4 Å². The van der Waals surface area contributed by atoms with Gasteiger partial charge in [-0.2, -0.15) is 10.2 Å². The molecule has 5 aromatic rings. The number of nitrogens with one attached hydrogen (secondary N) is 2. The minimum atomic E-state index is -0.302. The summed E-state index contributed by atoms with van der Waals surface area (Å²) in [5, 5.41) is 15.1. The molecule has 0 saturated heterocycles. The lowest BCUT2D eigenvalue weighted by atomic mass is 10.0. The molecule has 0 bridgehead atoms. The molecule has 9 nitrogen and oxygen atoms in total. The van der Waals surface area contributed by atoms with Gasteiger partial charge in [0.2, 0.25) is 0 Å². The topological polar surface area (TPSA) is 107 Å². The maximum Gasteiger partial charge on any atom is 0.276 e. The predicted octanol–water partition coefficient (Wildman–Crippen LogP) is 4.49. The van der Waals surface area contributed by atoms with Crippen LogP contribution in [0.4, 0.5) is 11.4 Å². The maximum absolute atomic E-state index is 13.4. The first-order valence-corrected chi connectivity index (χ1v) is 11.4. The zero-order chi connectivity index (χ0) is 25.4. The van der Waals surface area contributed by atoms with E-state index in [1.54, 1.807) is 48.3 Å². The molecular formula is C27H25N7O2. The Morgan fingerprint density at radius 2 is 1.50 bits per heavy atom. The van der Waals surface area contributed by atoms with Crippen molar-refractivity contribution in [2.24, 2.45) is 14.1 Å². The van der Waals surface area contributed by atoms with E-state index in [0.29, 0.717) is 28.3 Å². The first kappa shape index (κ1) is 23.0. The third kappa shape index (κ3) is 4.34. The van der Waals surface area contributed by atoms with Crippen molar-refractivity contribution in [1.29, 1.82) is 0 Å². The highest BCUT2D eigenvalue weighted by Crippen LogP contribution is 2.29. The van der Waals surface area contributed by atoms with Crippen molar-refractivity contribution in [1.82, 2.24) is 24.5 Å². The molecule has 180 valence electrons. The molecule has 9 heteroatoms. The number of fused-ring (bicyclic) bond motifs is 1. The lowest BCUT2D eigenvalue weighted by Gasteiger charge is -2.11. The summed E-state index contributed by atoms with van der Waals surface area (Å²) in [7, 11) is 3.64. The number of amides is 2. The standard InChI is InChI=1S/C27H25N7O2/c1-16-25(17(2)34(4)31-16)24-15-21(20-7-5-6-8-22(20)30-24)26(35)28-18-9-11-19(12-10-18)29-27(36)23-13-14-33(3)32-23/h5-15H,1-4H3,(H,28,35)(H,29,36). The highest BCUT2D eigenvalue weighted by Gasteiger charge is 2.18. The molecule has 2 aromatic carbocycles. The minimum Gasteiger partial charge on any atom is -0.322 e. The van der Waals surface area contributed by atoms with Crippen molar-refractivity contribution in [2.45, 2.75) is 13.8 Å². The van der Waals surface area contributed by atoms with Gasteiger partial charge in [0.1, 0.15) is 0 Å². The molecule has 0 saturated carbocycles. The Morgan fingerprint density at radius 1 is 0.833 bits per heavy atom. The second-order valence-electron chi connectivity index (χ2n) is 8.60. The quantitative estimate of drug-likeness (QED) is 0.386. The molecule has 0 unspecified atom stereocenters. The summed E-state index contributed by atoms with van der Waals surface area (Å²) in [5.74, 6) is -0.552. The molecule has 0 radical (unpaired) electrons. The van der Waals surface area contributed by atoms with Crippen LogP contribution < -0.4 is 10.6 Å². The monoisotopic (exact) mass is 479 g/mol. The van der Waals surface area contributed by atoms with Crippen LogP contribution in [0.2, 0.25) is 0 Å². The number of aryl methyl sites for hydroxylation is 3. The average Bonchev–Trinajstić information content (AvgIpc) is 3.41. The number of carbonyl (C=O) groups excluding carboxylic acids is 2. The maximum atomic E-state index is 13.4. The van der Waals surface area contributed by atoms with Crippen LogP contribution >= 0.6 is 0 Å². The van der Waals surface area contributed by atoms with E-state index in [1.165, 1.54) is 0 Å². The highest BCUT2D eigenvalue weighted by molar-refractivity contribution is 6.13. The molecule has 2 N–H and O–H groups in total. The number of benzene rings is 2. The van der Waals surface area contributed by atoms with Gasteiger partial charge in [0, 0.05) is 48.3 Å². The first-order chi connectivity index (χ1) is 17.3. The fourth-order valence-electron chi connectivity index (χ4n) is 4.20. The normalized spacial score (nSPS) is 11.0. The number of hydrogen-bond donors (Lipinski definition) is 2. The zero-order valence-electron chi connectivity index (χ0n) is 20.4. The number of para-hydroxylation sites is 1. The molecule has 3 aromatic heterocycles. The summed E-state index contributed by atoms with van der Waals surface area (Å²) in [4.78, 5) is 30.5. The molecule has 0 fully saturated rings. The van der Waals surface area contributed by atoms with Gasteiger partial charge in [0.05, 0.1) is 22.5 Å². The first-order valence-electron chi connectivity index (χ1n) is 11.4. The Balaban J connectivity index is 1.41. The van der Waals surface area contributed by atoms with Crippen molar-refractivity contribution in [2.75, 3.05) is 10.6 Å². The second-order valence-corrected chi connectivity index (χ2v) is 8.60. The number of carbonyl (C=O) groups is 2. The third-order valence-corrected chi connectivity index (χ3v) is 6.07. The largest absolute Gasteiger partial charge is 0.322 e. The Kier molecular flexibility index (Phi) is 5.81. The Bertz CT molecular complexity index is 1610. The molecule has 5 rings (SSSR count). The lowest BCUT2D eigenvalue weighted by molar-refractivity contribution is 0.101. The van der Waals surface area contributed by atoms with Crippen LogP contribution in [0.3, 0.4) is 0 Å². The molecular weight excluding hydrogens is 454 g/mol. The van der Waals surface area contributed by atoms with Crippen LogP contribution in [-0.2, 0) is 14.1 Å². The Labute approximate surface area is 207 Å². The fourth-order valence-corrected chi connectivity index (χ4v) is 4.20. The van der Waals surface area contributed by atoms with E-state index in [4.69, 9.17) is 4.98 Å². The number of hydrogen-bond acceptors (Lipinski definition) is 5. The van der Waals surface area contributed by atoms with E-state index in [-0.39, 0.29) is 11.8 Å². The second kappa shape index (κ2) is 9.10. The predicted molar refractivity (Wildman–Crippen MR) is 139 cm³/mol. The number of nitrogens with zero attached hydrogens (tertiary/aromatic N) is 5. The van der Waals surface area contributed by atoms with Gasteiger partial charge >= 0.3 is 0 Å². The van der Waals surface area contributed by atoms with Crippen molar-refractivity contribution in [3.05, 3.63) is 89.5 Å². The Hall–Kier alpha value is -4.79. The number of aromatic nitrogens is 5. The van der Waals surface area contributed by atoms with Gasteiger partial charge in [-0.3, -0.25) is 19.0 Å². The average molecular weight is 480 g/mol. The Morgan fingerprint density at radius 3 is 2.11 bits per heavy atom. The third-order valence-electron chi connectivity index (χ3n) is 6.07. The van der Waals surface area contributed by atoms with Gasteiger partial charge in [-0.15, -0.1) is 0 Å². The number of pyridine rings is 1. The van der Waals surface area contributed by atoms with Crippen LogP contribution in [0.15, 0.2) is 66.9 Å². The number of rotatable bonds is 5. The van der Waals surface area contributed by atoms with E-state index < -0.39 is 0 Å². The molecule has 0 aliphatic carbocycles. The lowest BCUT2D eigenvalue weighted by Crippen LogP contribution is -2.14. The minimum absolute atomic E-state index is 0.251. The molecule has 2 amide bonds. The van der Waals surface area contributed by atoms with Crippen molar-refractivity contribution in [3.8, 4) is 11.3 Å². The SMILES string of the molecule is Cc1nn(C)c(C)c1-c1cc(C(=O)Nc2ccc(NC(=O)c3ccn(C)n3)cc2)c2ccccc2n1. The van der Waals surface area contributed by atoms with Crippen LogP contribution in [0.25, 0.3) is 22.2 Å². The van der Waals surface area contributed by atoms with Gasteiger partial charge in [-0.05, 0) is 56.3 Å². The summed E-state index contributed by atoms with van der Waals surface area (Å²) >= 11 is 0. The van der Waals surface area contributed by atoms with E-state index in [9.17, 15) is 9.59 Å². The van der Waals surface area contributed by atoms with Crippen molar-refractivity contribution in [3.63, 3.8) is 0 Å². The zero-order valence-corrected chi connectivity index (χ0v) is 20.4. The van der Waals surface area contributed by atoms with Gasteiger partial charge in [0.25, 0.3) is 11.8 Å². The van der Waals surface area contributed by atoms with Crippen LogP contribution in [0, 0.1) is 13.8 Å². The van der Waals surface area contributed by atoms with Crippen molar-refractivity contribution >= 4 is 34.1 Å². The molecule has 0 spiro atoms. The summed E-state index contributed by atoms with van der Waals surface area (Å²) in [6.07, 6.45) is 1.71. The van der Waals surface area contributed by atoms with E-state index in [1.807, 2.05) is 55.9 Å². The summed E-state index contributed by atoms with van der Waals surface area (Å²) < 4.78 is 3.38. The van der Waals surface area contributed by atoms with Gasteiger partial charge in [-0.25, -0.2) is 4.98 Å². The fraction of sp³-hybridized carbons (Fsp3) is 0.148. The molecule has 0 aliphatic rings. The molecule has 0 aliphatic heterocycles. The highest BCUT2D eigenvalue weighted by atomic mass is 16.2. The van der Waals surface area contributed by atoms with Gasteiger partial charge < -0.3 is 10.6 Å². The summed E-state index contributed by atoms with van der Waals surface area (Å²) in [6, 6.07) is 18.0. The molecule has 36 heavy (non-hydrogen) atoms. The van der Waals surface area contributed by atoms with E-state index in [0.717, 1.165) is 27.9 Å². The summed E-state index contributed by atoms with van der Waals surface area (Å²) in [6.45, 7) is 3.92. The van der Waals surface area contributed by atoms with Crippen LogP contribution in [0.5, 0.6) is 0 Å².